The molecule has 3 aromatic rings. The lowest BCUT2D eigenvalue weighted by molar-refractivity contribution is -0.137. The number of amides is 2. The van der Waals surface area contributed by atoms with Gasteiger partial charge in [0.15, 0.2) is 0 Å². The summed E-state index contributed by atoms with van der Waals surface area (Å²) in [4.78, 5) is 31.1. The molecule has 3 fully saturated rings. The van der Waals surface area contributed by atoms with Gasteiger partial charge < -0.3 is 10.2 Å². The van der Waals surface area contributed by atoms with E-state index in [-0.39, 0.29) is 30.3 Å². The van der Waals surface area contributed by atoms with Crippen LogP contribution in [-0.2, 0) is 27.7 Å². The third-order valence-electron chi connectivity index (χ3n) is 9.22. The lowest BCUT2D eigenvalue weighted by Crippen LogP contribution is -2.47. The molecule has 3 aromatic carbocycles. The first-order valence-electron chi connectivity index (χ1n) is 14.3. The second-order valence-electron chi connectivity index (χ2n) is 11.7. The highest BCUT2D eigenvalue weighted by atomic mass is 19.4. The van der Waals surface area contributed by atoms with E-state index in [4.69, 9.17) is 0 Å². The molecule has 1 aliphatic carbocycles. The molecule has 3 aliphatic rings. The van der Waals surface area contributed by atoms with Crippen molar-refractivity contribution in [1.82, 2.24) is 15.1 Å². The fourth-order valence-corrected chi connectivity index (χ4v) is 7.28. The van der Waals surface area contributed by atoms with Gasteiger partial charge in [0.25, 0.3) is 0 Å². The summed E-state index contributed by atoms with van der Waals surface area (Å²) in [7, 11) is 0. The molecule has 2 heterocycles. The van der Waals surface area contributed by atoms with E-state index in [0.29, 0.717) is 31.0 Å². The molecule has 3 atom stereocenters. The van der Waals surface area contributed by atoms with E-state index in [1.165, 1.54) is 12.1 Å². The minimum Gasteiger partial charge on any atom is -0.351 e. The number of rotatable bonds is 7. The van der Waals surface area contributed by atoms with Gasteiger partial charge in [-0.1, -0.05) is 78.9 Å². The van der Waals surface area contributed by atoms with Crippen LogP contribution < -0.4 is 5.32 Å². The molecule has 2 amide bonds. The van der Waals surface area contributed by atoms with Crippen molar-refractivity contribution in [2.75, 3.05) is 26.2 Å². The van der Waals surface area contributed by atoms with E-state index in [0.717, 1.165) is 43.1 Å². The van der Waals surface area contributed by atoms with E-state index < -0.39 is 17.2 Å². The summed E-state index contributed by atoms with van der Waals surface area (Å²) >= 11 is 0. The van der Waals surface area contributed by atoms with Crippen molar-refractivity contribution < 1.29 is 22.8 Å². The van der Waals surface area contributed by atoms with Gasteiger partial charge >= 0.3 is 6.18 Å². The Morgan fingerprint density at radius 1 is 0.902 bits per heavy atom. The molecule has 2 aliphatic heterocycles. The fourth-order valence-electron chi connectivity index (χ4n) is 7.28. The lowest BCUT2D eigenvalue weighted by atomic mass is 9.73. The molecule has 5 nitrogen and oxygen atoms in total. The third-order valence-corrected chi connectivity index (χ3v) is 9.22. The summed E-state index contributed by atoms with van der Waals surface area (Å²) in [6, 6.07) is 25.1. The van der Waals surface area contributed by atoms with Crippen LogP contribution in [0.1, 0.15) is 41.5 Å². The second kappa shape index (κ2) is 11.0. The number of nitrogens with zero attached hydrogens (tertiary/aromatic N) is 2. The smallest absolute Gasteiger partial charge is 0.351 e. The number of hydrogen-bond acceptors (Lipinski definition) is 3. The first kappa shape index (κ1) is 27.5. The molecule has 0 bridgehead atoms. The van der Waals surface area contributed by atoms with Gasteiger partial charge in [-0.2, -0.15) is 13.2 Å². The monoisotopic (exact) mass is 561 g/mol. The number of carbonyl (C=O) groups is 2. The van der Waals surface area contributed by atoms with Crippen LogP contribution in [0, 0.1) is 11.8 Å². The van der Waals surface area contributed by atoms with Crippen LogP contribution >= 0.6 is 0 Å². The van der Waals surface area contributed by atoms with Crippen molar-refractivity contribution in [1.29, 1.82) is 0 Å². The fraction of sp³-hybridized carbons (Fsp3) is 0.394. The van der Waals surface area contributed by atoms with Crippen LogP contribution in [-0.4, -0.2) is 53.8 Å². The van der Waals surface area contributed by atoms with E-state index >= 15 is 0 Å². The average molecular weight is 562 g/mol. The summed E-state index contributed by atoms with van der Waals surface area (Å²) in [6.07, 6.45) is -1.90. The highest BCUT2D eigenvalue weighted by Gasteiger charge is 2.50. The van der Waals surface area contributed by atoms with Crippen molar-refractivity contribution in [3.05, 3.63) is 107 Å². The van der Waals surface area contributed by atoms with Crippen molar-refractivity contribution in [3.63, 3.8) is 0 Å². The molecular weight excluding hydrogens is 527 g/mol. The third kappa shape index (κ3) is 5.37. The maximum Gasteiger partial charge on any atom is 0.416 e. The number of fused-ring (bicyclic) bond motifs is 1. The highest BCUT2D eigenvalue weighted by Crippen LogP contribution is 2.42. The number of nitrogens with one attached hydrogen (secondary N) is 1. The van der Waals surface area contributed by atoms with Crippen LogP contribution in [0.3, 0.4) is 0 Å². The van der Waals surface area contributed by atoms with Gasteiger partial charge in [-0.05, 0) is 53.9 Å². The first-order chi connectivity index (χ1) is 19.7. The van der Waals surface area contributed by atoms with Gasteiger partial charge in [-0.3, -0.25) is 14.5 Å². The molecule has 6 rings (SSSR count). The number of alkyl halides is 3. The first-order valence-corrected chi connectivity index (χ1v) is 14.3. The van der Waals surface area contributed by atoms with Crippen molar-refractivity contribution in [3.8, 4) is 0 Å². The SMILES string of the molecule is O=C(CN1CCC(c2ccccc2)(c2ccccc2)C1=O)N[C@H]1CC[C@H]2CN(Cc3cccc(C(F)(F)F)c3)C[C@H]21. The molecule has 8 heteroatoms. The van der Waals surface area contributed by atoms with Crippen LogP contribution in [0.25, 0.3) is 0 Å². The molecule has 2 saturated heterocycles. The topological polar surface area (TPSA) is 52.7 Å². The molecule has 214 valence electrons. The van der Waals surface area contributed by atoms with Crippen LogP contribution in [0.15, 0.2) is 84.9 Å². The standard InChI is InChI=1S/C33H34F3N3O2/c34-33(35,36)27-13-7-8-23(18-27)19-38-20-24-14-15-29(28(24)21-38)37-30(40)22-39-17-16-32(31(39)41,25-9-3-1-4-10-25)26-11-5-2-6-12-26/h1-13,18,24,28-29H,14-17,19-22H2,(H,37,40)/t24-,28+,29-/m0/s1. The number of hydrogen-bond donors (Lipinski definition) is 1. The summed E-state index contributed by atoms with van der Waals surface area (Å²) in [5.41, 5.74) is 1.08. The Labute approximate surface area is 238 Å². The number of halogens is 3. The Morgan fingerprint density at radius 3 is 2.24 bits per heavy atom. The number of likely N-dealkylation sites (tertiary alicyclic amines) is 2. The Bertz CT molecular complexity index is 1360. The van der Waals surface area contributed by atoms with E-state index in [1.54, 1.807) is 11.0 Å². The minimum atomic E-state index is -4.36. The van der Waals surface area contributed by atoms with Crippen molar-refractivity contribution >= 4 is 11.8 Å². The largest absolute Gasteiger partial charge is 0.416 e. The molecule has 0 aromatic heterocycles. The summed E-state index contributed by atoms with van der Waals surface area (Å²) in [6.45, 7) is 2.52. The molecule has 0 spiro atoms. The number of carbonyl (C=O) groups excluding carboxylic acids is 2. The zero-order valence-corrected chi connectivity index (χ0v) is 22.8. The molecule has 41 heavy (non-hydrogen) atoms. The molecule has 0 radical (unpaired) electrons. The van der Waals surface area contributed by atoms with E-state index in [1.807, 2.05) is 60.7 Å². The average Bonchev–Trinajstić information content (AvgIpc) is 3.64. The maximum absolute atomic E-state index is 14.0. The summed E-state index contributed by atoms with van der Waals surface area (Å²) in [5, 5.41) is 3.21. The number of benzene rings is 3. The van der Waals surface area contributed by atoms with Crippen LogP contribution in [0.5, 0.6) is 0 Å². The lowest BCUT2D eigenvalue weighted by Gasteiger charge is -2.29. The van der Waals surface area contributed by atoms with Gasteiger partial charge in [0.2, 0.25) is 11.8 Å². The predicted molar refractivity (Wildman–Crippen MR) is 150 cm³/mol. The van der Waals surface area contributed by atoms with Crippen LogP contribution in [0.2, 0.25) is 0 Å². The summed E-state index contributed by atoms with van der Waals surface area (Å²) < 4.78 is 39.4. The molecule has 1 saturated carbocycles. The highest BCUT2D eigenvalue weighted by molar-refractivity contribution is 5.96. The van der Waals surface area contributed by atoms with Gasteiger partial charge in [0.05, 0.1) is 12.1 Å². The van der Waals surface area contributed by atoms with Gasteiger partial charge in [-0.15, -0.1) is 0 Å². The Morgan fingerprint density at radius 2 is 1.59 bits per heavy atom. The molecule has 0 unspecified atom stereocenters. The van der Waals surface area contributed by atoms with Gasteiger partial charge in [-0.25, -0.2) is 0 Å². The van der Waals surface area contributed by atoms with E-state index in [2.05, 4.69) is 10.2 Å². The zero-order chi connectivity index (χ0) is 28.6. The van der Waals surface area contributed by atoms with E-state index in [9.17, 15) is 22.8 Å². The molecular formula is C33H34F3N3O2. The van der Waals surface area contributed by atoms with Crippen molar-refractivity contribution in [2.24, 2.45) is 11.8 Å². The quantitative estimate of drug-likeness (QED) is 0.429. The summed E-state index contributed by atoms with van der Waals surface area (Å²) in [5.74, 6) is 0.454. The van der Waals surface area contributed by atoms with Gasteiger partial charge in [0, 0.05) is 32.2 Å². The zero-order valence-electron chi connectivity index (χ0n) is 22.8. The minimum absolute atomic E-state index is 0.00437. The van der Waals surface area contributed by atoms with Gasteiger partial charge in [0.1, 0.15) is 5.41 Å². The maximum atomic E-state index is 14.0. The van der Waals surface area contributed by atoms with Crippen molar-refractivity contribution in [2.45, 2.75) is 43.4 Å². The Kier molecular flexibility index (Phi) is 7.36. The Hall–Kier alpha value is -3.65. The Balaban J connectivity index is 1.09. The van der Waals surface area contributed by atoms with Crippen LogP contribution in [0.4, 0.5) is 13.2 Å². The normalized spacial score (nSPS) is 24.0. The predicted octanol–water partition coefficient (Wildman–Crippen LogP) is 5.25. The molecule has 1 N–H and O–H groups in total. The second-order valence-corrected chi connectivity index (χ2v) is 11.7.